The first-order valence-corrected chi connectivity index (χ1v) is 9.25. The van der Waals surface area contributed by atoms with Gasteiger partial charge in [0.05, 0.1) is 6.61 Å². The van der Waals surface area contributed by atoms with Crippen molar-refractivity contribution in [3.8, 4) is 0 Å². The number of alkyl halides is 5. The third-order valence-corrected chi connectivity index (χ3v) is 4.87. The second-order valence-electron chi connectivity index (χ2n) is 6.09. The van der Waals surface area contributed by atoms with Gasteiger partial charge in [-0.1, -0.05) is 0 Å². The average Bonchev–Trinajstić information content (AvgIpc) is 2.96. The van der Waals surface area contributed by atoms with E-state index in [4.69, 9.17) is 14.0 Å². The summed E-state index contributed by atoms with van der Waals surface area (Å²) in [5, 5.41) is -5.23. The van der Waals surface area contributed by atoms with Gasteiger partial charge < -0.3 is 18.9 Å². The summed E-state index contributed by atoms with van der Waals surface area (Å²) >= 11 is 0. The van der Waals surface area contributed by atoms with Crippen LogP contribution in [0.15, 0.2) is 0 Å². The molecule has 0 bridgehead atoms. The second-order valence-corrected chi connectivity index (χ2v) is 7.55. The molecule has 0 aromatic heterocycles. The Morgan fingerprint density at radius 2 is 1.79 bits per heavy atom. The lowest BCUT2D eigenvalue weighted by molar-refractivity contribution is -0.258. The van der Waals surface area contributed by atoms with Crippen LogP contribution in [0.2, 0.25) is 0 Å². The molecule has 1 heterocycles. The van der Waals surface area contributed by atoms with E-state index in [-0.39, 0.29) is 12.8 Å². The van der Waals surface area contributed by atoms with Crippen molar-refractivity contribution in [1.82, 2.24) is 0 Å². The molecule has 0 aromatic carbocycles. The smallest absolute Gasteiger partial charge is 0.456 e. The molecule has 0 radical (unpaired) electrons. The lowest BCUT2D eigenvalue weighted by Gasteiger charge is -2.39. The van der Waals surface area contributed by atoms with E-state index >= 15 is 0 Å². The van der Waals surface area contributed by atoms with Crippen LogP contribution in [0, 0.1) is 0 Å². The van der Waals surface area contributed by atoms with Gasteiger partial charge in [-0.05, 0) is 19.3 Å². The zero-order valence-electron chi connectivity index (χ0n) is 13.9. The first-order chi connectivity index (χ1) is 12.7. The third-order valence-electron chi connectivity index (χ3n) is 4.05. The van der Waals surface area contributed by atoms with Crippen LogP contribution < -0.4 is 0 Å². The number of carbonyl (C=O) groups is 2. The molecule has 2 fully saturated rings. The standard InChI is InChI=1S/C13H15F5O9S/c14-12(15,16)9(19)24-5-7-6-25-11(27-7)4-2-1-3-8(11)26-10(20)13(17,18)28(21,22)23/h7-8H,1-6H2,(H,21,22,23). The summed E-state index contributed by atoms with van der Waals surface area (Å²) < 4.78 is 112. The molecule has 28 heavy (non-hydrogen) atoms. The van der Waals surface area contributed by atoms with E-state index in [1.807, 2.05) is 0 Å². The van der Waals surface area contributed by atoms with Crippen molar-refractivity contribution in [1.29, 1.82) is 0 Å². The van der Waals surface area contributed by atoms with Gasteiger partial charge in [-0.15, -0.1) is 0 Å². The van der Waals surface area contributed by atoms with Crippen molar-refractivity contribution in [2.75, 3.05) is 13.2 Å². The molecule has 1 N–H and O–H groups in total. The van der Waals surface area contributed by atoms with Gasteiger partial charge in [-0.3, -0.25) is 4.55 Å². The Balaban J connectivity index is 2.05. The lowest BCUT2D eigenvalue weighted by Crippen LogP contribution is -2.51. The van der Waals surface area contributed by atoms with Crippen LogP contribution in [0.25, 0.3) is 0 Å². The molecule has 2 aliphatic rings. The Hall–Kier alpha value is -1.58. The predicted octanol–water partition coefficient (Wildman–Crippen LogP) is 1.17. The normalized spacial score (nSPS) is 28.9. The Morgan fingerprint density at radius 3 is 2.36 bits per heavy atom. The third kappa shape index (κ3) is 4.69. The molecule has 0 aromatic rings. The Morgan fingerprint density at radius 1 is 1.14 bits per heavy atom. The van der Waals surface area contributed by atoms with Crippen LogP contribution in [0.5, 0.6) is 0 Å². The maximum Gasteiger partial charge on any atom is 0.490 e. The average molecular weight is 442 g/mol. The van der Waals surface area contributed by atoms with Crippen LogP contribution in [0.3, 0.4) is 0 Å². The Labute approximate surface area is 154 Å². The van der Waals surface area contributed by atoms with Gasteiger partial charge in [0.2, 0.25) is 5.79 Å². The number of esters is 2. The van der Waals surface area contributed by atoms with E-state index in [1.165, 1.54) is 0 Å². The molecule has 0 amide bonds. The predicted molar refractivity (Wildman–Crippen MR) is 75.4 cm³/mol. The van der Waals surface area contributed by atoms with E-state index in [0.29, 0.717) is 12.8 Å². The minimum absolute atomic E-state index is 0.00783. The zero-order valence-corrected chi connectivity index (χ0v) is 14.7. The summed E-state index contributed by atoms with van der Waals surface area (Å²) in [4.78, 5) is 22.2. The van der Waals surface area contributed by atoms with Crippen molar-refractivity contribution in [3.05, 3.63) is 0 Å². The van der Waals surface area contributed by atoms with Crippen LogP contribution in [0.4, 0.5) is 22.0 Å². The van der Waals surface area contributed by atoms with Gasteiger partial charge in [0.15, 0.2) is 6.10 Å². The summed E-state index contributed by atoms with van der Waals surface area (Å²) in [5.41, 5.74) is 0. The van der Waals surface area contributed by atoms with Crippen LogP contribution in [-0.2, 0) is 38.7 Å². The van der Waals surface area contributed by atoms with Gasteiger partial charge in [-0.2, -0.15) is 30.4 Å². The monoisotopic (exact) mass is 442 g/mol. The fraction of sp³-hybridized carbons (Fsp3) is 0.846. The molecular weight excluding hydrogens is 427 g/mol. The van der Waals surface area contributed by atoms with Crippen LogP contribution in [0.1, 0.15) is 25.7 Å². The molecule has 1 aliphatic carbocycles. The van der Waals surface area contributed by atoms with Crippen molar-refractivity contribution in [3.63, 3.8) is 0 Å². The summed E-state index contributed by atoms with van der Waals surface area (Å²) in [7, 11) is -6.08. The van der Waals surface area contributed by atoms with E-state index in [0.717, 1.165) is 0 Å². The molecule has 1 saturated carbocycles. The maximum absolute atomic E-state index is 13.4. The van der Waals surface area contributed by atoms with Crippen molar-refractivity contribution in [2.24, 2.45) is 0 Å². The van der Waals surface area contributed by atoms with E-state index in [2.05, 4.69) is 9.47 Å². The molecule has 162 valence electrons. The number of hydrogen-bond donors (Lipinski definition) is 1. The molecule has 1 spiro atoms. The van der Waals surface area contributed by atoms with Gasteiger partial charge >= 0.3 is 33.5 Å². The molecule has 15 heteroatoms. The molecule has 1 saturated heterocycles. The highest BCUT2D eigenvalue weighted by Gasteiger charge is 2.58. The lowest BCUT2D eigenvalue weighted by atomic mass is 9.91. The first kappa shape index (κ1) is 22.7. The Kier molecular flexibility index (Phi) is 6.23. The second kappa shape index (κ2) is 7.68. The molecule has 1 aliphatic heterocycles. The van der Waals surface area contributed by atoms with E-state index < -0.39 is 64.7 Å². The number of halogens is 5. The minimum atomic E-state index is -6.08. The van der Waals surface area contributed by atoms with Crippen molar-refractivity contribution < 1.29 is 63.5 Å². The fourth-order valence-electron chi connectivity index (χ4n) is 2.75. The van der Waals surface area contributed by atoms with Gasteiger partial charge in [0.25, 0.3) is 0 Å². The number of ether oxygens (including phenoxy) is 4. The summed E-state index contributed by atoms with van der Waals surface area (Å²) in [6.45, 7) is -1.25. The largest absolute Gasteiger partial charge is 0.490 e. The molecule has 2 rings (SSSR count). The molecular formula is C13H15F5O9S. The highest BCUT2D eigenvalue weighted by Crippen LogP contribution is 2.41. The van der Waals surface area contributed by atoms with E-state index in [9.17, 15) is 40.0 Å². The quantitative estimate of drug-likeness (QED) is 0.379. The zero-order chi connectivity index (χ0) is 21.4. The maximum atomic E-state index is 13.4. The van der Waals surface area contributed by atoms with Crippen LogP contribution >= 0.6 is 0 Å². The van der Waals surface area contributed by atoms with Gasteiger partial charge in [0.1, 0.15) is 12.7 Å². The molecule has 3 atom stereocenters. The molecule has 9 nitrogen and oxygen atoms in total. The number of hydrogen-bond acceptors (Lipinski definition) is 8. The SMILES string of the molecule is O=C(OCC1COC2(CCCCC2OC(=O)C(F)(F)S(=O)(=O)O)O1)C(F)(F)F. The van der Waals surface area contributed by atoms with E-state index in [1.54, 1.807) is 0 Å². The van der Waals surface area contributed by atoms with Crippen molar-refractivity contribution >= 4 is 22.1 Å². The summed E-state index contributed by atoms with van der Waals surface area (Å²) in [5.74, 6) is -6.84. The van der Waals surface area contributed by atoms with Gasteiger partial charge in [-0.25, -0.2) is 9.59 Å². The topological polar surface area (TPSA) is 125 Å². The number of carbonyl (C=O) groups excluding carboxylic acids is 2. The highest BCUT2D eigenvalue weighted by atomic mass is 32.2. The Bertz CT molecular complexity index is 722. The van der Waals surface area contributed by atoms with Crippen LogP contribution in [-0.4, -0.2) is 67.5 Å². The summed E-state index contributed by atoms with van der Waals surface area (Å²) in [6.07, 6.45) is -7.26. The first-order valence-electron chi connectivity index (χ1n) is 7.81. The minimum Gasteiger partial charge on any atom is -0.456 e. The summed E-state index contributed by atoms with van der Waals surface area (Å²) in [6, 6.07) is 0. The van der Waals surface area contributed by atoms with Crippen molar-refractivity contribution in [2.45, 2.75) is 55.1 Å². The molecule has 3 unspecified atom stereocenters. The highest BCUT2D eigenvalue weighted by molar-refractivity contribution is 7.87. The fourth-order valence-corrected chi connectivity index (χ4v) is 3.01. The van der Waals surface area contributed by atoms with Gasteiger partial charge in [0, 0.05) is 6.42 Å². The number of rotatable bonds is 5.